The van der Waals surface area contributed by atoms with E-state index in [-0.39, 0.29) is 24.1 Å². The first-order valence-electron chi connectivity index (χ1n) is 11.0. The minimum Gasteiger partial charge on any atom is -0.494 e. The van der Waals surface area contributed by atoms with Gasteiger partial charge in [0.2, 0.25) is 15.9 Å². The average Bonchev–Trinajstić information content (AvgIpc) is 2.77. The van der Waals surface area contributed by atoms with Crippen molar-refractivity contribution >= 4 is 21.6 Å². The molecular weight excluding hydrogens is 428 g/mol. The molecule has 1 aliphatic rings. The molecule has 3 rings (SSSR count). The summed E-state index contributed by atoms with van der Waals surface area (Å²) in [6.07, 6.45) is 3.35. The van der Waals surface area contributed by atoms with E-state index in [0.29, 0.717) is 24.5 Å². The van der Waals surface area contributed by atoms with E-state index in [1.54, 1.807) is 24.3 Å². The molecule has 32 heavy (non-hydrogen) atoms. The van der Waals surface area contributed by atoms with Crippen molar-refractivity contribution in [3.8, 4) is 11.5 Å². The summed E-state index contributed by atoms with van der Waals surface area (Å²) < 4.78 is 37.7. The smallest absolute Gasteiger partial charge is 0.241 e. The van der Waals surface area contributed by atoms with Crippen LogP contribution in [-0.4, -0.2) is 39.3 Å². The Hall–Kier alpha value is -2.74. The Balaban J connectivity index is 1.81. The minimum atomic E-state index is -3.66. The third-order valence-corrected chi connectivity index (χ3v) is 7.08. The van der Waals surface area contributed by atoms with Gasteiger partial charge in [0, 0.05) is 12.0 Å². The van der Waals surface area contributed by atoms with E-state index in [1.807, 2.05) is 31.2 Å². The maximum atomic E-state index is 13.0. The van der Waals surface area contributed by atoms with Crippen molar-refractivity contribution < 1.29 is 22.7 Å². The number of hydrogen-bond donors (Lipinski definition) is 1. The summed E-state index contributed by atoms with van der Waals surface area (Å²) in [6, 6.07) is 14.1. The normalized spacial score (nSPS) is 17.1. The second-order valence-electron chi connectivity index (χ2n) is 8.05. The SMILES string of the molecule is CCOc1ccc(N(CC(=O)N[C@H]2CC(CC)(CC)Oc3ccccc32)S(C)(=O)=O)cc1. The Kier molecular flexibility index (Phi) is 7.33. The zero-order chi connectivity index (χ0) is 23.4. The van der Waals surface area contributed by atoms with Crippen LogP contribution >= 0.6 is 0 Å². The molecule has 0 fully saturated rings. The Bertz CT molecular complexity index is 1030. The number of hydrogen-bond acceptors (Lipinski definition) is 5. The number of rotatable bonds is 9. The molecule has 1 N–H and O–H groups in total. The Morgan fingerprint density at radius 3 is 2.38 bits per heavy atom. The molecule has 1 amide bonds. The molecule has 1 heterocycles. The standard InChI is InChI=1S/C24H32N2O5S/c1-5-24(6-2)16-21(20-10-8-9-11-22(20)31-24)25-23(27)17-26(32(4,28)29)18-12-14-19(15-13-18)30-7-3/h8-15,21H,5-7,16-17H2,1-4H3,(H,25,27)/t21-/m0/s1. The number of fused-ring (bicyclic) bond motifs is 1. The zero-order valence-electron chi connectivity index (χ0n) is 19.1. The van der Waals surface area contributed by atoms with Gasteiger partial charge in [-0.3, -0.25) is 9.10 Å². The average molecular weight is 461 g/mol. The lowest BCUT2D eigenvalue weighted by molar-refractivity contribution is -0.121. The first-order chi connectivity index (χ1) is 15.2. The fourth-order valence-corrected chi connectivity index (χ4v) is 4.93. The molecule has 0 saturated carbocycles. The van der Waals surface area contributed by atoms with Gasteiger partial charge in [0.15, 0.2) is 0 Å². The number of para-hydroxylation sites is 1. The molecule has 1 aliphatic heterocycles. The number of nitrogens with one attached hydrogen (secondary N) is 1. The van der Waals surface area contributed by atoms with Gasteiger partial charge in [0.05, 0.1) is 24.6 Å². The first kappa shape index (κ1) is 23.9. The molecule has 0 radical (unpaired) electrons. The van der Waals surface area contributed by atoms with Crippen LogP contribution in [0.25, 0.3) is 0 Å². The second-order valence-corrected chi connectivity index (χ2v) is 9.96. The summed E-state index contributed by atoms with van der Waals surface area (Å²) in [5, 5.41) is 3.05. The second kappa shape index (κ2) is 9.81. The highest BCUT2D eigenvalue weighted by Gasteiger charge is 2.39. The monoisotopic (exact) mass is 460 g/mol. The van der Waals surface area contributed by atoms with Crippen molar-refractivity contribution in [3.63, 3.8) is 0 Å². The van der Waals surface area contributed by atoms with Crippen LogP contribution < -0.4 is 19.1 Å². The van der Waals surface area contributed by atoms with Crippen LogP contribution in [0.2, 0.25) is 0 Å². The minimum absolute atomic E-state index is 0.255. The van der Waals surface area contributed by atoms with E-state index in [0.717, 1.165) is 34.7 Å². The van der Waals surface area contributed by atoms with E-state index in [2.05, 4.69) is 19.2 Å². The van der Waals surface area contributed by atoms with Crippen molar-refractivity contribution in [2.75, 3.05) is 23.7 Å². The fraction of sp³-hybridized carbons (Fsp3) is 0.458. The summed E-state index contributed by atoms with van der Waals surface area (Å²) >= 11 is 0. The van der Waals surface area contributed by atoms with E-state index >= 15 is 0 Å². The Labute approximate surface area is 190 Å². The van der Waals surface area contributed by atoms with E-state index in [4.69, 9.17) is 9.47 Å². The fourth-order valence-electron chi connectivity index (χ4n) is 4.08. The number of carbonyl (C=O) groups is 1. The van der Waals surface area contributed by atoms with Crippen molar-refractivity contribution in [2.45, 2.75) is 51.7 Å². The van der Waals surface area contributed by atoms with Crippen LogP contribution in [0.1, 0.15) is 51.6 Å². The molecule has 0 aromatic heterocycles. The maximum absolute atomic E-state index is 13.0. The molecule has 0 spiro atoms. The first-order valence-corrected chi connectivity index (χ1v) is 12.8. The summed E-state index contributed by atoms with van der Waals surface area (Å²) in [5.74, 6) is 1.04. The van der Waals surface area contributed by atoms with Crippen LogP contribution in [0.5, 0.6) is 11.5 Å². The predicted octanol–water partition coefficient (Wildman–Crippen LogP) is 4.05. The highest BCUT2D eigenvalue weighted by Crippen LogP contribution is 2.42. The number of anilines is 1. The maximum Gasteiger partial charge on any atom is 0.241 e. The Morgan fingerprint density at radius 2 is 1.78 bits per heavy atom. The number of carbonyl (C=O) groups excluding carboxylic acids is 1. The van der Waals surface area contributed by atoms with E-state index in [9.17, 15) is 13.2 Å². The molecule has 2 aromatic carbocycles. The number of nitrogens with zero attached hydrogens (tertiary/aromatic N) is 1. The molecule has 0 bridgehead atoms. The Morgan fingerprint density at radius 1 is 1.12 bits per heavy atom. The summed E-state index contributed by atoms with van der Waals surface area (Å²) in [5.41, 5.74) is 0.957. The van der Waals surface area contributed by atoms with Crippen molar-refractivity contribution in [2.24, 2.45) is 0 Å². The zero-order valence-corrected chi connectivity index (χ0v) is 19.9. The van der Waals surface area contributed by atoms with Gasteiger partial charge in [-0.1, -0.05) is 32.0 Å². The summed E-state index contributed by atoms with van der Waals surface area (Å²) in [6.45, 7) is 6.24. The number of sulfonamides is 1. The molecular formula is C24H32N2O5S. The van der Waals surface area contributed by atoms with Gasteiger partial charge in [-0.05, 0) is 50.1 Å². The van der Waals surface area contributed by atoms with Gasteiger partial charge < -0.3 is 14.8 Å². The lowest BCUT2D eigenvalue weighted by Gasteiger charge is -2.41. The van der Waals surface area contributed by atoms with E-state index in [1.165, 1.54) is 0 Å². The topological polar surface area (TPSA) is 84.9 Å². The third kappa shape index (κ3) is 5.35. The molecule has 2 aromatic rings. The predicted molar refractivity (Wildman–Crippen MR) is 126 cm³/mol. The summed E-state index contributed by atoms with van der Waals surface area (Å²) in [7, 11) is -3.66. The molecule has 0 unspecified atom stereocenters. The van der Waals surface area contributed by atoms with Gasteiger partial charge in [-0.2, -0.15) is 0 Å². The van der Waals surface area contributed by atoms with Gasteiger partial charge in [0.25, 0.3) is 0 Å². The number of benzene rings is 2. The molecule has 0 saturated heterocycles. The molecule has 8 heteroatoms. The quantitative estimate of drug-likeness (QED) is 0.610. The van der Waals surface area contributed by atoms with E-state index < -0.39 is 10.0 Å². The van der Waals surface area contributed by atoms with Gasteiger partial charge in [0.1, 0.15) is 23.6 Å². The number of amides is 1. The van der Waals surface area contributed by atoms with Gasteiger partial charge in [-0.25, -0.2) is 8.42 Å². The third-order valence-electron chi connectivity index (χ3n) is 5.94. The highest BCUT2D eigenvalue weighted by atomic mass is 32.2. The van der Waals surface area contributed by atoms with Crippen LogP contribution in [0.4, 0.5) is 5.69 Å². The molecule has 1 atom stereocenters. The van der Waals surface area contributed by atoms with Gasteiger partial charge in [-0.15, -0.1) is 0 Å². The lowest BCUT2D eigenvalue weighted by atomic mass is 9.83. The lowest BCUT2D eigenvalue weighted by Crippen LogP contribution is -2.47. The van der Waals surface area contributed by atoms with Crippen LogP contribution in [0.15, 0.2) is 48.5 Å². The van der Waals surface area contributed by atoms with Crippen LogP contribution in [0.3, 0.4) is 0 Å². The van der Waals surface area contributed by atoms with Crippen LogP contribution in [0, 0.1) is 0 Å². The van der Waals surface area contributed by atoms with Crippen LogP contribution in [-0.2, 0) is 14.8 Å². The highest BCUT2D eigenvalue weighted by molar-refractivity contribution is 7.92. The van der Waals surface area contributed by atoms with Crippen molar-refractivity contribution in [1.82, 2.24) is 5.32 Å². The van der Waals surface area contributed by atoms with Gasteiger partial charge >= 0.3 is 0 Å². The molecule has 7 nitrogen and oxygen atoms in total. The molecule has 174 valence electrons. The van der Waals surface area contributed by atoms with Crippen molar-refractivity contribution in [1.29, 1.82) is 0 Å². The number of ether oxygens (including phenoxy) is 2. The molecule has 0 aliphatic carbocycles. The summed E-state index contributed by atoms with van der Waals surface area (Å²) in [4.78, 5) is 13.0. The van der Waals surface area contributed by atoms with Crippen molar-refractivity contribution in [3.05, 3.63) is 54.1 Å². The largest absolute Gasteiger partial charge is 0.494 e.